The van der Waals surface area contributed by atoms with Crippen LogP contribution in [0.2, 0.25) is 0 Å². The number of amides is 1. The van der Waals surface area contributed by atoms with Gasteiger partial charge >= 0.3 is 0 Å². The summed E-state index contributed by atoms with van der Waals surface area (Å²) in [6.45, 7) is 1.72. The van der Waals surface area contributed by atoms with Crippen LogP contribution in [0.1, 0.15) is 15.9 Å². The van der Waals surface area contributed by atoms with Gasteiger partial charge in [0.2, 0.25) is 0 Å². The standard InChI is InChI=1S/C11H10F2N4O/c1-5-4-15-17-10(5)16-11(18)6-2-9(14)8(13)3-7(6)12/h2-4H,14H2,1H3,(H2,15,16,17,18). The first-order valence-electron chi connectivity index (χ1n) is 5.05. The number of halogens is 2. The third-order valence-corrected chi connectivity index (χ3v) is 2.40. The Morgan fingerprint density at radius 2 is 2.11 bits per heavy atom. The Bertz CT molecular complexity index is 609. The summed E-state index contributed by atoms with van der Waals surface area (Å²) in [4.78, 5) is 11.8. The maximum Gasteiger partial charge on any atom is 0.259 e. The number of hydrogen-bond donors (Lipinski definition) is 3. The summed E-state index contributed by atoms with van der Waals surface area (Å²) in [5.41, 5.74) is 5.36. The summed E-state index contributed by atoms with van der Waals surface area (Å²) in [6.07, 6.45) is 1.50. The van der Waals surface area contributed by atoms with Gasteiger partial charge in [0.05, 0.1) is 17.4 Å². The number of rotatable bonds is 2. The normalized spacial score (nSPS) is 10.4. The number of hydrogen-bond acceptors (Lipinski definition) is 3. The quantitative estimate of drug-likeness (QED) is 0.713. The highest BCUT2D eigenvalue weighted by Gasteiger charge is 2.16. The lowest BCUT2D eigenvalue weighted by Crippen LogP contribution is -2.15. The van der Waals surface area contributed by atoms with Crippen LogP contribution in [0, 0.1) is 18.6 Å². The van der Waals surface area contributed by atoms with Crippen LogP contribution in [0.5, 0.6) is 0 Å². The van der Waals surface area contributed by atoms with E-state index >= 15 is 0 Å². The van der Waals surface area contributed by atoms with Crippen LogP contribution in [0.3, 0.4) is 0 Å². The van der Waals surface area contributed by atoms with Gasteiger partial charge in [0, 0.05) is 11.6 Å². The van der Waals surface area contributed by atoms with Crippen molar-refractivity contribution in [3.05, 3.63) is 41.1 Å². The Labute approximate surface area is 101 Å². The van der Waals surface area contributed by atoms with E-state index in [1.54, 1.807) is 6.92 Å². The van der Waals surface area contributed by atoms with E-state index in [9.17, 15) is 13.6 Å². The van der Waals surface area contributed by atoms with Crippen molar-refractivity contribution in [1.29, 1.82) is 0 Å². The molecule has 2 rings (SSSR count). The number of aromatic nitrogens is 2. The van der Waals surface area contributed by atoms with Gasteiger partial charge in [0.15, 0.2) is 0 Å². The van der Waals surface area contributed by atoms with Gasteiger partial charge in [-0.3, -0.25) is 9.89 Å². The van der Waals surface area contributed by atoms with Crippen LogP contribution in [-0.4, -0.2) is 16.1 Å². The zero-order valence-electron chi connectivity index (χ0n) is 9.42. The minimum atomic E-state index is -0.976. The summed E-state index contributed by atoms with van der Waals surface area (Å²) < 4.78 is 26.4. The molecule has 0 aliphatic heterocycles. The van der Waals surface area contributed by atoms with E-state index < -0.39 is 17.5 Å². The predicted octanol–water partition coefficient (Wildman–Crippen LogP) is 1.83. The Morgan fingerprint density at radius 1 is 1.39 bits per heavy atom. The summed E-state index contributed by atoms with van der Waals surface area (Å²) in [5, 5.41) is 8.67. The Morgan fingerprint density at radius 3 is 2.72 bits per heavy atom. The SMILES string of the molecule is Cc1cn[nH]c1NC(=O)c1cc(N)c(F)cc1F. The molecule has 0 aliphatic carbocycles. The fraction of sp³-hybridized carbons (Fsp3) is 0.0909. The maximum atomic E-state index is 13.4. The van der Waals surface area contributed by atoms with Gasteiger partial charge in [0.1, 0.15) is 17.5 Å². The zero-order chi connectivity index (χ0) is 13.3. The largest absolute Gasteiger partial charge is 0.396 e. The number of nitrogens with one attached hydrogen (secondary N) is 2. The number of benzene rings is 1. The lowest BCUT2D eigenvalue weighted by molar-refractivity contribution is 0.102. The molecule has 1 amide bonds. The van der Waals surface area contributed by atoms with Gasteiger partial charge < -0.3 is 11.1 Å². The van der Waals surface area contributed by atoms with E-state index in [0.29, 0.717) is 17.4 Å². The molecule has 0 saturated heterocycles. The summed E-state index contributed by atoms with van der Waals surface area (Å²) >= 11 is 0. The number of nitrogens with zero attached hydrogens (tertiary/aromatic N) is 1. The molecule has 7 heteroatoms. The van der Waals surface area contributed by atoms with Gasteiger partial charge in [-0.15, -0.1) is 0 Å². The van der Waals surface area contributed by atoms with Gasteiger partial charge in [0.25, 0.3) is 5.91 Å². The molecular weight excluding hydrogens is 242 g/mol. The second-order valence-corrected chi connectivity index (χ2v) is 3.74. The topological polar surface area (TPSA) is 83.8 Å². The molecular formula is C11H10F2N4O. The van der Waals surface area contributed by atoms with Crippen molar-refractivity contribution >= 4 is 17.4 Å². The number of carbonyl (C=O) groups excluding carboxylic acids is 1. The predicted molar refractivity (Wildman–Crippen MR) is 62.0 cm³/mol. The molecule has 0 radical (unpaired) electrons. The van der Waals surface area contributed by atoms with Crippen molar-refractivity contribution < 1.29 is 13.6 Å². The highest BCUT2D eigenvalue weighted by atomic mass is 19.1. The van der Waals surface area contributed by atoms with Crippen molar-refractivity contribution in [2.75, 3.05) is 11.1 Å². The molecule has 5 nitrogen and oxygen atoms in total. The van der Waals surface area contributed by atoms with E-state index in [1.807, 2.05) is 0 Å². The third kappa shape index (κ3) is 2.15. The van der Waals surface area contributed by atoms with Gasteiger partial charge in [-0.1, -0.05) is 0 Å². The van der Waals surface area contributed by atoms with E-state index in [4.69, 9.17) is 5.73 Å². The minimum Gasteiger partial charge on any atom is -0.396 e. The van der Waals surface area contributed by atoms with E-state index in [0.717, 1.165) is 6.07 Å². The molecule has 0 saturated carbocycles. The molecule has 1 aromatic carbocycles. The number of aryl methyl sites for hydroxylation is 1. The molecule has 1 aromatic heterocycles. The fourth-order valence-electron chi connectivity index (χ4n) is 1.39. The first-order chi connectivity index (χ1) is 8.49. The first kappa shape index (κ1) is 12.0. The van der Waals surface area contributed by atoms with Crippen LogP contribution in [-0.2, 0) is 0 Å². The molecule has 2 aromatic rings. The van der Waals surface area contributed by atoms with Gasteiger partial charge in [-0.05, 0) is 13.0 Å². The molecule has 94 valence electrons. The average molecular weight is 252 g/mol. The van der Waals surface area contributed by atoms with Crippen molar-refractivity contribution in [3.63, 3.8) is 0 Å². The number of anilines is 2. The molecule has 0 bridgehead atoms. The van der Waals surface area contributed by atoms with Crippen molar-refractivity contribution in [1.82, 2.24) is 10.2 Å². The minimum absolute atomic E-state index is 0.289. The molecule has 0 aliphatic rings. The Hall–Kier alpha value is -2.44. The molecule has 0 spiro atoms. The second-order valence-electron chi connectivity index (χ2n) is 3.74. The van der Waals surface area contributed by atoms with Crippen LogP contribution >= 0.6 is 0 Å². The highest BCUT2D eigenvalue weighted by Crippen LogP contribution is 2.18. The number of carbonyl (C=O) groups is 1. The number of nitrogen functional groups attached to an aromatic ring is 1. The Balaban J connectivity index is 2.30. The lowest BCUT2D eigenvalue weighted by Gasteiger charge is -2.06. The summed E-state index contributed by atoms with van der Waals surface area (Å²) in [7, 11) is 0. The third-order valence-electron chi connectivity index (χ3n) is 2.40. The average Bonchev–Trinajstić information content (AvgIpc) is 2.69. The van der Waals surface area contributed by atoms with Crippen molar-refractivity contribution in [3.8, 4) is 0 Å². The number of aromatic amines is 1. The van der Waals surface area contributed by atoms with Crippen LogP contribution in [0.4, 0.5) is 20.3 Å². The van der Waals surface area contributed by atoms with Gasteiger partial charge in [-0.25, -0.2) is 8.78 Å². The Kier molecular flexibility index (Phi) is 2.97. The molecule has 0 unspecified atom stereocenters. The van der Waals surface area contributed by atoms with E-state index in [-0.39, 0.29) is 11.3 Å². The first-order valence-corrected chi connectivity index (χ1v) is 5.05. The van der Waals surface area contributed by atoms with Crippen LogP contribution in [0.15, 0.2) is 18.3 Å². The van der Waals surface area contributed by atoms with E-state index in [2.05, 4.69) is 15.5 Å². The number of H-pyrrole nitrogens is 1. The maximum absolute atomic E-state index is 13.4. The van der Waals surface area contributed by atoms with Crippen molar-refractivity contribution in [2.24, 2.45) is 0 Å². The van der Waals surface area contributed by atoms with E-state index in [1.165, 1.54) is 6.20 Å². The molecule has 4 N–H and O–H groups in total. The summed E-state index contributed by atoms with van der Waals surface area (Å²) in [6, 6.07) is 1.52. The smallest absolute Gasteiger partial charge is 0.259 e. The van der Waals surface area contributed by atoms with Crippen LogP contribution in [0.25, 0.3) is 0 Å². The highest BCUT2D eigenvalue weighted by molar-refractivity contribution is 6.04. The fourth-order valence-corrected chi connectivity index (χ4v) is 1.39. The lowest BCUT2D eigenvalue weighted by atomic mass is 10.1. The van der Waals surface area contributed by atoms with Crippen molar-refractivity contribution in [2.45, 2.75) is 6.92 Å². The van der Waals surface area contributed by atoms with Crippen LogP contribution < -0.4 is 11.1 Å². The molecule has 18 heavy (non-hydrogen) atoms. The summed E-state index contributed by atoms with van der Waals surface area (Å²) in [5.74, 6) is -2.26. The molecule has 0 fully saturated rings. The molecule has 1 heterocycles. The second kappa shape index (κ2) is 4.44. The van der Waals surface area contributed by atoms with Gasteiger partial charge in [-0.2, -0.15) is 5.10 Å². The monoisotopic (exact) mass is 252 g/mol. The zero-order valence-corrected chi connectivity index (χ0v) is 9.42. The molecule has 0 atom stereocenters. The number of nitrogens with two attached hydrogens (primary N) is 1.